The van der Waals surface area contributed by atoms with Crippen LogP contribution in [0.4, 0.5) is 29.2 Å². The van der Waals surface area contributed by atoms with Crippen molar-refractivity contribution in [3.05, 3.63) is 166 Å². The van der Waals surface area contributed by atoms with Gasteiger partial charge in [-0.25, -0.2) is 66.8 Å². The van der Waals surface area contributed by atoms with Gasteiger partial charge in [-0.05, 0) is 73.5 Å². The van der Waals surface area contributed by atoms with Crippen molar-refractivity contribution in [2.24, 2.45) is 0 Å². The zero-order chi connectivity index (χ0) is 53.1. The number of methoxy groups -OCH3 is 2. The Kier molecular flexibility index (Phi) is 14.5. The van der Waals surface area contributed by atoms with E-state index in [-0.39, 0.29) is 48.9 Å². The van der Waals surface area contributed by atoms with Gasteiger partial charge < -0.3 is 20.9 Å². The molecule has 0 radical (unpaired) electrons. The first kappa shape index (κ1) is 53.3. The van der Waals surface area contributed by atoms with E-state index in [4.69, 9.17) is 41.1 Å². The molecule has 0 aliphatic rings. The summed E-state index contributed by atoms with van der Waals surface area (Å²) in [5.74, 6) is -1.86. The molecule has 10 aromatic heterocycles. The summed E-state index contributed by atoms with van der Waals surface area (Å²) in [5, 5.41) is 11.5. The predicted octanol–water partition coefficient (Wildman–Crippen LogP) is 9.48. The largest absolute Gasteiger partial charge is 0.473 e. The Labute approximate surface area is 447 Å². The van der Waals surface area contributed by atoms with Gasteiger partial charge in [0.2, 0.25) is 0 Å². The average Bonchev–Trinajstić information content (AvgIpc) is 4.37. The summed E-state index contributed by atoms with van der Waals surface area (Å²) in [6, 6.07) is 15.0. The maximum absolute atomic E-state index is 14.2. The van der Waals surface area contributed by atoms with Crippen LogP contribution >= 0.6 is 22.7 Å². The van der Waals surface area contributed by atoms with Crippen LogP contribution < -0.4 is 32.1 Å². The van der Waals surface area contributed by atoms with Crippen LogP contribution in [0.15, 0.2) is 120 Å². The van der Waals surface area contributed by atoms with Gasteiger partial charge in [0.25, 0.3) is 21.5 Å². The standard InChI is InChI=1S/2C25H18F2N8O2S.2CH4/c2*1-12(35-23-19(22(28)30-11-31-23)21(33-35)16-9-29-25(37-2)38-16)20-18(13-4-3-5-14(26)8-13)24(36)34-10-15(27)6-7-17(34)32-20;;/h2*3-12H,1-2H3,(H2,28,30,31);2*1H4/t2*12-;;/m10../s1. The molecule has 0 amide bonds. The van der Waals surface area contributed by atoms with Gasteiger partial charge in [0.15, 0.2) is 11.3 Å². The van der Waals surface area contributed by atoms with Crippen LogP contribution in [0.2, 0.25) is 0 Å². The molecule has 0 aliphatic heterocycles. The Morgan fingerprint density at radius 3 is 1.33 bits per heavy atom. The molecule has 0 spiro atoms. The molecule has 0 fully saturated rings. The Morgan fingerprint density at radius 2 is 0.962 bits per heavy atom. The topological polar surface area (TPSA) is 252 Å². The predicted molar refractivity (Wildman–Crippen MR) is 290 cm³/mol. The molecule has 12 aromatic rings. The highest BCUT2D eigenvalue weighted by atomic mass is 32.1. The molecule has 4 N–H and O–H groups in total. The zero-order valence-electron chi connectivity index (χ0n) is 39.9. The number of aromatic nitrogens is 14. The quantitative estimate of drug-likeness (QED) is 0.121. The molecule has 0 aliphatic carbocycles. The van der Waals surface area contributed by atoms with Gasteiger partial charge in [-0.3, -0.25) is 18.4 Å². The summed E-state index contributed by atoms with van der Waals surface area (Å²) in [4.78, 5) is 63.6. The number of halogens is 4. The lowest BCUT2D eigenvalue weighted by Gasteiger charge is -2.18. The van der Waals surface area contributed by atoms with Crippen LogP contribution in [0, 0.1) is 23.3 Å². The highest BCUT2D eigenvalue weighted by Crippen LogP contribution is 2.40. The molecule has 12 rings (SSSR count). The number of nitrogens with two attached hydrogens (primary N) is 2. The van der Waals surface area contributed by atoms with Crippen LogP contribution in [0.25, 0.3) is 76.8 Å². The van der Waals surface area contributed by atoms with Crippen molar-refractivity contribution in [1.82, 2.24) is 68.2 Å². The lowest BCUT2D eigenvalue weighted by Crippen LogP contribution is -2.23. The number of pyridine rings is 2. The molecule has 2 aromatic carbocycles. The van der Waals surface area contributed by atoms with Crippen molar-refractivity contribution in [2.45, 2.75) is 40.8 Å². The Hall–Kier alpha value is -9.56. The average molecular weight is 1100 g/mol. The zero-order valence-corrected chi connectivity index (χ0v) is 41.6. The van der Waals surface area contributed by atoms with Crippen LogP contribution in [0.1, 0.15) is 52.2 Å². The second-order valence-electron chi connectivity index (χ2n) is 16.8. The minimum Gasteiger partial charge on any atom is -0.473 e. The Balaban J connectivity index is 0.000000185. The van der Waals surface area contributed by atoms with Gasteiger partial charge in [0.1, 0.15) is 70.2 Å². The van der Waals surface area contributed by atoms with Crippen LogP contribution in [-0.2, 0) is 0 Å². The van der Waals surface area contributed by atoms with Crippen molar-refractivity contribution >= 4 is 67.7 Å². The number of benzene rings is 2. The minimum absolute atomic E-state index is 0. The van der Waals surface area contributed by atoms with Gasteiger partial charge in [-0.1, -0.05) is 61.8 Å². The van der Waals surface area contributed by atoms with Gasteiger partial charge in [0, 0.05) is 12.4 Å². The third-order valence-corrected chi connectivity index (χ3v) is 14.1. The van der Waals surface area contributed by atoms with Crippen molar-refractivity contribution in [3.63, 3.8) is 0 Å². The van der Waals surface area contributed by atoms with Crippen molar-refractivity contribution in [1.29, 1.82) is 0 Å². The first-order chi connectivity index (χ1) is 36.7. The number of nitrogens with zero attached hydrogens (tertiary/aromatic N) is 14. The molecule has 10 heterocycles. The van der Waals surface area contributed by atoms with E-state index in [0.29, 0.717) is 76.1 Å². The fourth-order valence-corrected chi connectivity index (χ4v) is 10.2. The number of anilines is 2. The molecular weight excluding hydrogens is 1050 g/mol. The van der Waals surface area contributed by atoms with E-state index in [1.165, 1.54) is 110 Å². The van der Waals surface area contributed by atoms with Gasteiger partial charge in [-0.15, -0.1) is 0 Å². The van der Waals surface area contributed by atoms with Crippen molar-refractivity contribution in [2.75, 3.05) is 25.7 Å². The summed E-state index contributed by atoms with van der Waals surface area (Å²) in [7, 11) is 3.03. The fraction of sp³-hybridized carbons (Fsp3) is 0.154. The maximum atomic E-state index is 14.2. The van der Waals surface area contributed by atoms with Crippen LogP contribution in [-0.4, -0.2) is 82.5 Å². The van der Waals surface area contributed by atoms with Gasteiger partial charge >= 0.3 is 0 Å². The van der Waals surface area contributed by atoms with E-state index in [0.717, 1.165) is 21.2 Å². The summed E-state index contributed by atoms with van der Waals surface area (Å²) in [5.41, 5.74) is 15.0. The Bertz CT molecular complexity index is 4110. The summed E-state index contributed by atoms with van der Waals surface area (Å²) >= 11 is 2.54. The van der Waals surface area contributed by atoms with Crippen molar-refractivity contribution < 1.29 is 27.0 Å². The van der Waals surface area contributed by atoms with E-state index in [1.54, 1.807) is 47.7 Å². The van der Waals surface area contributed by atoms with Gasteiger partial charge in [-0.2, -0.15) is 10.2 Å². The molecular formula is C52H44F4N16O4S2. The third kappa shape index (κ3) is 9.35. The molecule has 0 saturated heterocycles. The van der Waals surface area contributed by atoms with Crippen LogP contribution in [0.3, 0.4) is 0 Å². The van der Waals surface area contributed by atoms with Crippen molar-refractivity contribution in [3.8, 4) is 53.8 Å². The minimum atomic E-state index is -0.684. The normalized spacial score (nSPS) is 12.0. The summed E-state index contributed by atoms with van der Waals surface area (Å²) < 4.78 is 72.4. The fourth-order valence-electron chi connectivity index (χ4n) is 8.73. The number of nitrogen functional groups attached to an aromatic ring is 2. The number of ether oxygens (including phenoxy) is 2. The van der Waals surface area contributed by atoms with Crippen LogP contribution in [0.5, 0.6) is 10.4 Å². The molecule has 78 heavy (non-hydrogen) atoms. The van der Waals surface area contributed by atoms with E-state index >= 15 is 0 Å². The number of fused-ring (bicyclic) bond motifs is 4. The molecule has 0 bridgehead atoms. The molecule has 20 nitrogen and oxygen atoms in total. The van der Waals surface area contributed by atoms with Gasteiger partial charge in [0.05, 0.1) is 81.7 Å². The second-order valence-corrected chi connectivity index (χ2v) is 18.8. The SMILES string of the molecule is C.C.COc1ncc(-c2nn([C@@H](C)c3nc4ccc(F)cn4c(=O)c3-c3cccc(F)c3)c3ncnc(N)c23)s1.COc1ncc(-c2nn([C@H](C)c3nc4ccc(F)cn4c(=O)c3-c3cccc(F)c3)c3ncnc(N)c23)s1. The van der Waals surface area contributed by atoms with E-state index < -0.39 is 46.5 Å². The molecule has 396 valence electrons. The van der Waals surface area contributed by atoms with E-state index in [1.807, 2.05) is 0 Å². The lowest BCUT2D eigenvalue weighted by atomic mass is 10.0. The number of hydrogen-bond donors (Lipinski definition) is 2. The summed E-state index contributed by atoms with van der Waals surface area (Å²) in [6.45, 7) is 3.57. The first-order valence-corrected chi connectivity index (χ1v) is 24.3. The number of rotatable bonds is 10. The molecule has 0 unspecified atom stereocenters. The second kappa shape index (κ2) is 21.2. The van der Waals surface area contributed by atoms with E-state index in [9.17, 15) is 27.2 Å². The number of hydrogen-bond acceptors (Lipinski definition) is 18. The number of thiazole rings is 2. The monoisotopic (exact) mass is 1100 g/mol. The lowest BCUT2D eigenvalue weighted by molar-refractivity contribution is 0.412. The molecule has 2 atom stereocenters. The summed E-state index contributed by atoms with van der Waals surface area (Å²) in [6.07, 6.45) is 7.96. The molecule has 26 heteroatoms. The maximum Gasteiger partial charge on any atom is 0.273 e. The Morgan fingerprint density at radius 1 is 0.551 bits per heavy atom. The van der Waals surface area contributed by atoms with E-state index in [2.05, 4.69) is 29.9 Å². The third-order valence-electron chi connectivity index (χ3n) is 12.2. The highest BCUT2D eigenvalue weighted by Gasteiger charge is 2.29. The smallest absolute Gasteiger partial charge is 0.273 e. The molecule has 0 saturated carbocycles. The highest BCUT2D eigenvalue weighted by molar-refractivity contribution is 7.17. The first-order valence-electron chi connectivity index (χ1n) is 22.6.